The van der Waals surface area contributed by atoms with Crippen LogP contribution in [0.15, 0.2) is 18.2 Å². The van der Waals surface area contributed by atoms with Crippen LogP contribution in [0, 0.1) is 0 Å². The van der Waals surface area contributed by atoms with Gasteiger partial charge in [-0.3, -0.25) is 9.69 Å². The van der Waals surface area contributed by atoms with Gasteiger partial charge in [0, 0.05) is 31.7 Å². The van der Waals surface area contributed by atoms with E-state index < -0.39 is 12.0 Å². The van der Waals surface area contributed by atoms with Gasteiger partial charge in [-0.2, -0.15) is 0 Å². The summed E-state index contributed by atoms with van der Waals surface area (Å²) in [7, 11) is 2.05. The lowest BCUT2D eigenvalue weighted by Crippen LogP contribution is -2.47. The average Bonchev–Trinajstić information content (AvgIpc) is 2.49. The molecule has 21 heavy (non-hydrogen) atoms. The van der Waals surface area contributed by atoms with Gasteiger partial charge in [-0.05, 0) is 13.1 Å². The fourth-order valence-electron chi connectivity index (χ4n) is 2.88. The van der Waals surface area contributed by atoms with Crippen LogP contribution in [0.2, 0.25) is 0 Å². The highest BCUT2D eigenvalue weighted by Gasteiger charge is 2.33. The summed E-state index contributed by atoms with van der Waals surface area (Å²) in [6, 6.07) is 4.79. The van der Waals surface area contributed by atoms with E-state index in [4.69, 9.17) is 9.47 Å². The van der Waals surface area contributed by atoms with Crippen LogP contribution >= 0.6 is 0 Å². The number of aliphatic carboxylic acids is 1. The Kier molecular flexibility index (Phi) is 3.98. The number of hydrogen-bond donors (Lipinski definition) is 1. The number of carboxylic acid groups (broad SMARTS) is 1. The van der Waals surface area contributed by atoms with E-state index in [1.165, 1.54) is 0 Å². The number of carboxylic acids is 1. The van der Waals surface area contributed by atoms with Crippen molar-refractivity contribution in [3.8, 4) is 11.5 Å². The molecular weight excluding hydrogens is 272 g/mol. The Hall–Kier alpha value is -1.79. The highest BCUT2D eigenvalue weighted by molar-refractivity contribution is 5.77. The van der Waals surface area contributed by atoms with E-state index in [9.17, 15) is 9.90 Å². The normalized spacial score (nSPS) is 21.0. The maximum Gasteiger partial charge on any atom is 0.325 e. The monoisotopic (exact) mass is 292 g/mol. The van der Waals surface area contributed by atoms with Crippen molar-refractivity contribution < 1.29 is 19.4 Å². The molecule has 0 amide bonds. The Morgan fingerprint density at radius 3 is 2.62 bits per heavy atom. The minimum atomic E-state index is -0.845. The molecule has 3 rings (SSSR count). The van der Waals surface area contributed by atoms with Gasteiger partial charge in [-0.1, -0.05) is 12.1 Å². The molecule has 1 fully saturated rings. The van der Waals surface area contributed by atoms with Crippen LogP contribution in [0.5, 0.6) is 11.5 Å². The highest BCUT2D eigenvalue weighted by Crippen LogP contribution is 2.39. The first-order valence-electron chi connectivity index (χ1n) is 7.21. The molecule has 1 aromatic carbocycles. The SMILES string of the molecule is CN1CCN(C(C(=O)O)c2cccc3c2OCCO3)CC1. The molecule has 0 aliphatic carbocycles. The Bertz CT molecular complexity index is 526. The van der Waals surface area contributed by atoms with Gasteiger partial charge in [0.2, 0.25) is 0 Å². The van der Waals surface area contributed by atoms with Crippen LogP contribution in [0.3, 0.4) is 0 Å². The number of likely N-dealkylation sites (N-methyl/N-ethyl adjacent to an activating group) is 1. The number of piperazine rings is 1. The second kappa shape index (κ2) is 5.91. The fraction of sp³-hybridized carbons (Fsp3) is 0.533. The van der Waals surface area contributed by atoms with E-state index in [1.54, 1.807) is 0 Å². The van der Waals surface area contributed by atoms with E-state index in [0.717, 1.165) is 26.2 Å². The Labute approximate surface area is 123 Å². The third-order valence-corrected chi connectivity index (χ3v) is 4.03. The number of nitrogens with zero attached hydrogens (tertiary/aromatic N) is 2. The molecule has 0 saturated carbocycles. The minimum Gasteiger partial charge on any atom is -0.486 e. The number of carbonyl (C=O) groups is 1. The number of para-hydroxylation sites is 1. The van der Waals surface area contributed by atoms with E-state index in [2.05, 4.69) is 11.9 Å². The first kappa shape index (κ1) is 14.2. The van der Waals surface area contributed by atoms with Crippen molar-refractivity contribution in [3.63, 3.8) is 0 Å². The number of fused-ring (bicyclic) bond motifs is 1. The average molecular weight is 292 g/mol. The summed E-state index contributed by atoms with van der Waals surface area (Å²) in [5.41, 5.74) is 0.684. The molecule has 1 unspecified atom stereocenters. The van der Waals surface area contributed by atoms with Crippen molar-refractivity contribution in [2.24, 2.45) is 0 Å². The molecule has 1 saturated heterocycles. The number of benzene rings is 1. The first-order valence-corrected chi connectivity index (χ1v) is 7.21. The summed E-state index contributed by atoms with van der Waals surface area (Å²) in [5, 5.41) is 9.69. The largest absolute Gasteiger partial charge is 0.486 e. The van der Waals surface area contributed by atoms with Crippen LogP contribution in [0.4, 0.5) is 0 Å². The molecule has 1 N–H and O–H groups in total. The van der Waals surface area contributed by atoms with Gasteiger partial charge in [-0.25, -0.2) is 0 Å². The molecule has 6 nitrogen and oxygen atoms in total. The maximum atomic E-state index is 11.8. The zero-order valence-corrected chi connectivity index (χ0v) is 12.1. The van der Waals surface area contributed by atoms with Gasteiger partial charge in [0.25, 0.3) is 0 Å². The van der Waals surface area contributed by atoms with Crippen LogP contribution in [0.25, 0.3) is 0 Å². The summed E-state index contributed by atoms with van der Waals surface area (Å²) in [6.45, 7) is 4.17. The minimum absolute atomic E-state index is 0.457. The van der Waals surface area contributed by atoms with Crippen molar-refractivity contribution in [1.82, 2.24) is 9.80 Å². The van der Waals surface area contributed by atoms with Crippen LogP contribution in [-0.4, -0.2) is 67.3 Å². The topological polar surface area (TPSA) is 62.2 Å². The van der Waals surface area contributed by atoms with E-state index in [0.29, 0.717) is 30.3 Å². The quantitative estimate of drug-likeness (QED) is 0.890. The molecule has 2 aliphatic rings. The smallest absolute Gasteiger partial charge is 0.325 e. The van der Waals surface area contributed by atoms with Crippen molar-refractivity contribution in [2.75, 3.05) is 46.4 Å². The lowest BCUT2D eigenvalue weighted by Gasteiger charge is -2.37. The summed E-state index contributed by atoms with van der Waals surface area (Å²) in [5.74, 6) is 0.372. The molecule has 0 aromatic heterocycles. The van der Waals surface area contributed by atoms with Gasteiger partial charge in [-0.15, -0.1) is 0 Å². The Morgan fingerprint density at radius 2 is 1.90 bits per heavy atom. The fourth-order valence-corrected chi connectivity index (χ4v) is 2.88. The Morgan fingerprint density at radius 1 is 1.19 bits per heavy atom. The Balaban J connectivity index is 1.93. The van der Waals surface area contributed by atoms with Gasteiger partial charge >= 0.3 is 5.97 Å². The van der Waals surface area contributed by atoms with E-state index in [1.807, 2.05) is 23.1 Å². The highest BCUT2D eigenvalue weighted by atomic mass is 16.6. The summed E-state index contributed by atoms with van der Waals surface area (Å²) in [6.07, 6.45) is 0. The standard InChI is InChI=1S/C15H20N2O4/c1-16-5-7-17(8-6-16)13(15(18)19)11-3-2-4-12-14(11)21-10-9-20-12/h2-4,13H,5-10H2,1H3,(H,18,19). The molecule has 2 heterocycles. The number of ether oxygens (including phenoxy) is 2. The molecule has 0 radical (unpaired) electrons. The van der Waals surface area contributed by atoms with E-state index in [-0.39, 0.29) is 0 Å². The van der Waals surface area contributed by atoms with Gasteiger partial charge < -0.3 is 19.5 Å². The van der Waals surface area contributed by atoms with Gasteiger partial charge in [0.1, 0.15) is 19.3 Å². The number of hydrogen-bond acceptors (Lipinski definition) is 5. The lowest BCUT2D eigenvalue weighted by molar-refractivity contribution is -0.144. The molecule has 1 atom stereocenters. The molecular formula is C15H20N2O4. The molecule has 114 valence electrons. The van der Waals surface area contributed by atoms with Gasteiger partial charge in [0.05, 0.1) is 0 Å². The van der Waals surface area contributed by atoms with Crippen molar-refractivity contribution in [2.45, 2.75) is 6.04 Å². The van der Waals surface area contributed by atoms with Crippen molar-refractivity contribution in [3.05, 3.63) is 23.8 Å². The first-order chi connectivity index (χ1) is 10.2. The summed E-state index contributed by atoms with van der Waals surface area (Å²) < 4.78 is 11.2. The zero-order valence-electron chi connectivity index (χ0n) is 12.1. The second-order valence-electron chi connectivity index (χ2n) is 5.45. The van der Waals surface area contributed by atoms with Crippen molar-refractivity contribution >= 4 is 5.97 Å². The molecule has 0 spiro atoms. The molecule has 6 heteroatoms. The second-order valence-corrected chi connectivity index (χ2v) is 5.45. The maximum absolute atomic E-state index is 11.8. The van der Waals surface area contributed by atoms with Crippen molar-refractivity contribution in [1.29, 1.82) is 0 Å². The third-order valence-electron chi connectivity index (χ3n) is 4.03. The molecule has 2 aliphatic heterocycles. The number of rotatable bonds is 3. The molecule has 1 aromatic rings. The summed E-state index contributed by atoms with van der Waals surface area (Å²) >= 11 is 0. The lowest BCUT2D eigenvalue weighted by atomic mass is 10.0. The predicted octanol–water partition coefficient (Wildman–Crippen LogP) is 0.831. The molecule has 0 bridgehead atoms. The van der Waals surface area contributed by atoms with Crippen LogP contribution < -0.4 is 9.47 Å². The van der Waals surface area contributed by atoms with Crippen LogP contribution in [0.1, 0.15) is 11.6 Å². The third kappa shape index (κ3) is 2.82. The van der Waals surface area contributed by atoms with E-state index >= 15 is 0 Å². The predicted molar refractivity (Wildman–Crippen MR) is 76.9 cm³/mol. The summed E-state index contributed by atoms with van der Waals surface area (Å²) in [4.78, 5) is 16.0. The van der Waals surface area contributed by atoms with Crippen LogP contribution in [-0.2, 0) is 4.79 Å². The van der Waals surface area contributed by atoms with Gasteiger partial charge in [0.15, 0.2) is 11.5 Å². The zero-order chi connectivity index (χ0) is 14.8.